The van der Waals surface area contributed by atoms with Crippen molar-refractivity contribution in [3.05, 3.63) is 64.7 Å². The monoisotopic (exact) mass is 504 g/mol. The fourth-order valence-electron chi connectivity index (χ4n) is 2.44. The summed E-state index contributed by atoms with van der Waals surface area (Å²) in [7, 11) is -3.60. The van der Waals surface area contributed by atoms with E-state index in [0.717, 1.165) is 12.0 Å². The number of ether oxygens (including phenoxy) is 2. The van der Waals surface area contributed by atoms with Gasteiger partial charge in [-0.3, -0.25) is 10.1 Å². The highest BCUT2D eigenvalue weighted by Gasteiger charge is 2.17. The number of aromatic nitrogens is 2. The van der Waals surface area contributed by atoms with E-state index in [2.05, 4.69) is 14.7 Å². The maximum Gasteiger partial charge on any atom is 0.268 e. The molecule has 1 heterocycles. The average molecular weight is 505 g/mol. The molecule has 170 valence electrons. The molecule has 12 heteroatoms. The molecule has 33 heavy (non-hydrogen) atoms. The number of amides is 1. The van der Waals surface area contributed by atoms with Gasteiger partial charge in [-0.05, 0) is 35.9 Å². The highest BCUT2D eigenvalue weighted by molar-refractivity contribution is 7.90. The molecule has 0 fully saturated rings. The van der Waals surface area contributed by atoms with E-state index in [1.54, 1.807) is 24.3 Å². The molecule has 1 aromatic heterocycles. The molecule has 0 aliphatic carbocycles. The standard InChI is InChI=1S/C21H17ClN4O5S2/c1-33(28,29)21-25-20(32-26-21)24-19(27)15(13-23)11-14-7-8-18(17(22)12-14)31-10-9-30-16-5-3-2-4-6-16/h2-8,11-12H,9-10H2,1H3,(H,24,25,26,27)/b15-11-. The van der Waals surface area contributed by atoms with Gasteiger partial charge in [0.15, 0.2) is 0 Å². The van der Waals surface area contributed by atoms with Gasteiger partial charge in [-0.2, -0.15) is 14.6 Å². The lowest BCUT2D eigenvalue weighted by atomic mass is 10.1. The highest BCUT2D eigenvalue weighted by Crippen LogP contribution is 2.26. The Bertz CT molecular complexity index is 1320. The molecular formula is C21H17ClN4O5S2. The molecule has 9 nitrogen and oxygen atoms in total. The number of hydrogen-bond donors (Lipinski definition) is 1. The molecular weight excluding hydrogens is 488 g/mol. The lowest BCUT2D eigenvalue weighted by Gasteiger charge is -2.10. The molecule has 3 rings (SSSR count). The minimum absolute atomic E-state index is 0.0407. The Labute approximate surface area is 199 Å². The summed E-state index contributed by atoms with van der Waals surface area (Å²) in [6.45, 7) is 0.598. The third-order valence-electron chi connectivity index (χ3n) is 3.94. The van der Waals surface area contributed by atoms with Crippen LogP contribution < -0.4 is 14.8 Å². The van der Waals surface area contributed by atoms with Gasteiger partial charge in [0.05, 0.1) is 5.02 Å². The SMILES string of the molecule is CS(=O)(=O)c1nsc(NC(=O)/C(C#N)=C\c2ccc(OCCOc3ccccc3)c(Cl)c2)n1. The van der Waals surface area contributed by atoms with E-state index in [0.29, 0.717) is 34.5 Å². The van der Waals surface area contributed by atoms with Gasteiger partial charge in [0.25, 0.3) is 11.1 Å². The van der Waals surface area contributed by atoms with Crippen LogP contribution in [0, 0.1) is 11.3 Å². The van der Waals surface area contributed by atoms with Gasteiger partial charge in [0.2, 0.25) is 15.0 Å². The smallest absolute Gasteiger partial charge is 0.268 e. The van der Waals surface area contributed by atoms with Gasteiger partial charge in [0, 0.05) is 17.8 Å². The van der Waals surface area contributed by atoms with E-state index in [1.165, 1.54) is 6.08 Å². The number of anilines is 1. The van der Waals surface area contributed by atoms with Crippen LogP contribution in [0.3, 0.4) is 0 Å². The predicted molar refractivity (Wildman–Crippen MR) is 124 cm³/mol. The number of para-hydroxylation sites is 1. The highest BCUT2D eigenvalue weighted by atomic mass is 35.5. The third kappa shape index (κ3) is 7.01. The number of carbonyl (C=O) groups is 1. The van der Waals surface area contributed by atoms with Gasteiger partial charge in [-0.25, -0.2) is 8.42 Å². The number of nitrogens with one attached hydrogen (secondary N) is 1. The zero-order valence-electron chi connectivity index (χ0n) is 17.2. The summed E-state index contributed by atoms with van der Waals surface area (Å²) in [6.07, 6.45) is 2.29. The summed E-state index contributed by atoms with van der Waals surface area (Å²) in [5, 5.41) is 11.6. The number of benzene rings is 2. The van der Waals surface area contributed by atoms with Crippen molar-refractivity contribution in [1.29, 1.82) is 5.26 Å². The van der Waals surface area contributed by atoms with Crippen molar-refractivity contribution < 1.29 is 22.7 Å². The molecule has 0 bridgehead atoms. The molecule has 0 radical (unpaired) electrons. The molecule has 0 aliphatic heterocycles. The summed E-state index contributed by atoms with van der Waals surface area (Å²) in [4.78, 5) is 16.1. The number of hydrogen-bond acceptors (Lipinski definition) is 9. The maximum absolute atomic E-state index is 12.4. The Kier molecular flexibility index (Phi) is 8.00. The fraction of sp³-hybridized carbons (Fsp3) is 0.143. The number of carbonyl (C=O) groups excluding carboxylic acids is 1. The molecule has 0 saturated heterocycles. The summed E-state index contributed by atoms with van der Waals surface area (Å²) >= 11 is 6.95. The molecule has 0 saturated carbocycles. The van der Waals surface area contributed by atoms with Crippen molar-refractivity contribution in [3.8, 4) is 17.6 Å². The maximum atomic E-state index is 12.4. The summed E-state index contributed by atoms with van der Waals surface area (Å²) in [6, 6.07) is 15.9. The molecule has 1 amide bonds. The van der Waals surface area contributed by atoms with Crippen molar-refractivity contribution in [2.45, 2.75) is 5.16 Å². The lowest BCUT2D eigenvalue weighted by Crippen LogP contribution is -2.13. The zero-order valence-corrected chi connectivity index (χ0v) is 19.6. The van der Waals surface area contributed by atoms with E-state index in [-0.39, 0.29) is 17.3 Å². The number of halogens is 1. The Balaban J connectivity index is 1.61. The van der Waals surface area contributed by atoms with Crippen molar-refractivity contribution in [2.75, 3.05) is 24.8 Å². The molecule has 1 N–H and O–H groups in total. The van der Waals surface area contributed by atoms with Crippen LogP contribution in [-0.4, -0.2) is 43.2 Å². The largest absolute Gasteiger partial charge is 0.490 e. The van der Waals surface area contributed by atoms with Crippen molar-refractivity contribution >= 4 is 50.1 Å². The zero-order chi connectivity index (χ0) is 23.8. The first-order valence-corrected chi connectivity index (χ1v) is 12.4. The predicted octanol–water partition coefficient (Wildman–Crippen LogP) is 3.60. The van der Waals surface area contributed by atoms with Crippen LogP contribution in [0.4, 0.5) is 5.13 Å². The third-order valence-corrected chi connectivity index (χ3v) is 5.83. The van der Waals surface area contributed by atoms with E-state index in [4.69, 9.17) is 21.1 Å². The fourth-order valence-corrected chi connectivity index (χ4v) is 4.13. The average Bonchev–Trinajstić information content (AvgIpc) is 3.26. The summed E-state index contributed by atoms with van der Waals surface area (Å²) in [5.74, 6) is 0.398. The summed E-state index contributed by atoms with van der Waals surface area (Å²) in [5.41, 5.74) is 0.265. The summed E-state index contributed by atoms with van der Waals surface area (Å²) < 4.78 is 37.7. The van der Waals surface area contributed by atoms with E-state index < -0.39 is 20.9 Å². The first-order chi connectivity index (χ1) is 15.8. The second-order valence-corrected chi connectivity index (χ2v) is 9.55. The van der Waals surface area contributed by atoms with Crippen LogP contribution >= 0.6 is 23.1 Å². The van der Waals surface area contributed by atoms with E-state index in [9.17, 15) is 18.5 Å². The van der Waals surface area contributed by atoms with Crippen molar-refractivity contribution in [3.63, 3.8) is 0 Å². The first-order valence-electron chi connectivity index (χ1n) is 9.33. The minimum atomic E-state index is -3.60. The van der Waals surface area contributed by atoms with Crippen LogP contribution in [0.2, 0.25) is 5.02 Å². The van der Waals surface area contributed by atoms with Crippen molar-refractivity contribution in [2.24, 2.45) is 0 Å². The normalized spacial score (nSPS) is 11.5. The Morgan fingerprint density at radius 1 is 1.21 bits per heavy atom. The molecule has 0 spiro atoms. The second-order valence-electron chi connectivity index (χ2n) is 6.48. The number of rotatable bonds is 9. The van der Waals surface area contributed by atoms with Gasteiger partial charge in [-0.1, -0.05) is 35.9 Å². The first kappa shape index (κ1) is 24.2. The number of nitriles is 1. The van der Waals surface area contributed by atoms with Crippen LogP contribution in [0.15, 0.2) is 59.3 Å². The Morgan fingerprint density at radius 3 is 2.58 bits per heavy atom. The van der Waals surface area contributed by atoms with Gasteiger partial charge < -0.3 is 9.47 Å². The van der Waals surface area contributed by atoms with Crippen LogP contribution in [-0.2, 0) is 14.6 Å². The van der Waals surface area contributed by atoms with Crippen LogP contribution in [0.5, 0.6) is 11.5 Å². The Morgan fingerprint density at radius 2 is 1.94 bits per heavy atom. The van der Waals surface area contributed by atoms with Crippen LogP contribution in [0.1, 0.15) is 5.56 Å². The minimum Gasteiger partial charge on any atom is -0.490 e. The second kappa shape index (κ2) is 10.9. The quantitative estimate of drug-likeness (QED) is 0.265. The van der Waals surface area contributed by atoms with Gasteiger partial charge >= 0.3 is 0 Å². The van der Waals surface area contributed by atoms with Gasteiger partial charge in [0.1, 0.15) is 36.4 Å². The lowest BCUT2D eigenvalue weighted by molar-refractivity contribution is -0.112. The van der Waals surface area contributed by atoms with Crippen LogP contribution in [0.25, 0.3) is 6.08 Å². The molecule has 2 aromatic carbocycles. The van der Waals surface area contributed by atoms with Gasteiger partial charge in [-0.15, -0.1) is 0 Å². The number of nitrogens with zero attached hydrogens (tertiary/aromatic N) is 3. The number of sulfone groups is 1. The topological polar surface area (TPSA) is 131 Å². The van der Waals surface area contributed by atoms with E-state index in [1.807, 2.05) is 30.3 Å². The molecule has 0 atom stereocenters. The van der Waals surface area contributed by atoms with E-state index >= 15 is 0 Å². The molecule has 0 aliphatic rings. The van der Waals surface area contributed by atoms with Crippen molar-refractivity contribution in [1.82, 2.24) is 9.36 Å². The molecule has 3 aromatic rings. The Hall–Kier alpha value is -3.46. The molecule has 0 unspecified atom stereocenters.